The van der Waals surface area contributed by atoms with Crippen molar-refractivity contribution in [1.82, 2.24) is 4.98 Å². The second-order valence-corrected chi connectivity index (χ2v) is 5.02. The van der Waals surface area contributed by atoms with Gasteiger partial charge >= 0.3 is 0 Å². The third kappa shape index (κ3) is 3.65. The van der Waals surface area contributed by atoms with Crippen molar-refractivity contribution in [2.75, 3.05) is 11.9 Å². The number of amides is 1. The van der Waals surface area contributed by atoms with Crippen LogP contribution in [0, 0.1) is 18.8 Å². The van der Waals surface area contributed by atoms with Gasteiger partial charge < -0.3 is 11.1 Å². The molecule has 0 fully saturated rings. The third-order valence-electron chi connectivity index (χ3n) is 2.32. The van der Waals surface area contributed by atoms with Crippen molar-refractivity contribution in [3.8, 4) is 11.8 Å². The highest BCUT2D eigenvalue weighted by molar-refractivity contribution is 7.13. The fraction of sp³-hybridized carbons (Fsp3) is 0.143. The van der Waals surface area contributed by atoms with E-state index in [9.17, 15) is 4.79 Å². The van der Waals surface area contributed by atoms with Crippen LogP contribution in [0.1, 0.15) is 20.2 Å². The Balaban J connectivity index is 2.05. The minimum atomic E-state index is -0.147. The van der Waals surface area contributed by atoms with Crippen LogP contribution in [-0.4, -0.2) is 17.4 Å². The van der Waals surface area contributed by atoms with Crippen molar-refractivity contribution in [3.05, 3.63) is 45.9 Å². The molecule has 2 rings (SSSR count). The summed E-state index contributed by atoms with van der Waals surface area (Å²) in [6, 6.07) is 7.31. The molecule has 96 valence electrons. The first-order valence-corrected chi connectivity index (χ1v) is 6.53. The van der Waals surface area contributed by atoms with E-state index >= 15 is 0 Å². The Bertz CT molecular complexity index is 635. The van der Waals surface area contributed by atoms with Gasteiger partial charge in [0.15, 0.2) is 0 Å². The molecule has 0 unspecified atom stereocenters. The van der Waals surface area contributed by atoms with Crippen LogP contribution in [0.2, 0.25) is 0 Å². The summed E-state index contributed by atoms with van der Waals surface area (Å²) in [4.78, 5) is 16.6. The van der Waals surface area contributed by atoms with Gasteiger partial charge in [-0.15, -0.1) is 11.3 Å². The van der Waals surface area contributed by atoms with Gasteiger partial charge in [0.2, 0.25) is 0 Å². The van der Waals surface area contributed by atoms with E-state index in [1.54, 1.807) is 6.20 Å². The van der Waals surface area contributed by atoms with E-state index in [1.807, 2.05) is 31.2 Å². The van der Waals surface area contributed by atoms with E-state index in [0.717, 1.165) is 16.3 Å². The molecule has 0 aliphatic heterocycles. The van der Waals surface area contributed by atoms with Gasteiger partial charge in [0.25, 0.3) is 5.91 Å². The Labute approximate surface area is 115 Å². The normalized spacial score (nSPS) is 9.58. The lowest BCUT2D eigenvalue weighted by Crippen LogP contribution is -2.09. The molecule has 0 saturated carbocycles. The lowest BCUT2D eigenvalue weighted by Gasteiger charge is -2.02. The van der Waals surface area contributed by atoms with E-state index < -0.39 is 0 Å². The van der Waals surface area contributed by atoms with Crippen LogP contribution in [0.4, 0.5) is 5.69 Å². The zero-order valence-electron chi connectivity index (χ0n) is 10.4. The van der Waals surface area contributed by atoms with Crippen LogP contribution in [0.25, 0.3) is 0 Å². The molecule has 0 spiro atoms. The first-order valence-electron chi connectivity index (χ1n) is 5.72. The second-order valence-electron chi connectivity index (χ2n) is 3.78. The molecule has 0 bridgehead atoms. The number of carbonyl (C=O) groups excluding carboxylic acids is 1. The fourth-order valence-electron chi connectivity index (χ4n) is 1.45. The van der Waals surface area contributed by atoms with Crippen molar-refractivity contribution < 1.29 is 4.79 Å². The number of rotatable bonds is 2. The Kier molecular flexibility index (Phi) is 4.29. The van der Waals surface area contributed by atoms with Gasteiger partial charge in [0, 0.05) is 11.3 Å². The maximum absolute atomic E-state index is 11.9. The minimum Gasteiger partial charge on any atom is -0.321 e. The van der Waals surface area contributed by atoms with Crippen molar-refractivity contribution in [2.24, 2.45) is 5.73 Å². The maximum Gasteiger partial charge on any atom is 0.267 e. The number of thiazole rings is 1. The molecule has 0 aliphatic rings. The highest BCUT2D eigenvalue weighted by atomic mass is 32.1. The fourth-order valence-corrected chi connectivity index (χ4v) is 2.12. The zero-order valence-corrected chi connectivity index (χ0v) is 11.3. The van der Waals surface area contributed by atoms with Gasteiger partial charge in [0.1, 0.15) is 4.88 Å². The van der Waals surface area contributed by atoms with E-state index in [0.29, 0.717) is 11.4 Å². The Morgan fingerprint density at radius 2 is 2.16 bits per heavy atom. The molecular weight excluding hydrogens is 258 g/mol. The molecule has 1 amide bonds. The van der Waals surface area contributed by atoms with Crippen molar-refractivity contribution in [2.45, 2.75) is 6.92 Å². The van der Waals surface area contributed by atoms with Gasteiger partial charge in [-0.3, -0.25) is 4.79 Å². The number of nitrogens with two attached hydrogens (primary N) is 1. The Hall–Kier alpha value is -2.16. The number of benzene rings is 1. The molecule has 3 N–H and O–H groups in total. The predicted molar refractivity (Wildman–Crippen MR) is 77.2 cm³/mol. The van der Waals surface area contributed by atoms with Gasteiger partial charge in [-0.1, -0.05) is 11.8 Å². The number of hydrogen-bond acceptors (Lipinski definition) is 4. The number of nitrogens with zero attached hydrogens (tertiary/aromatic N) is 1. The van der Waals surface area contributed by atoms with E-state index in [2.05, 4.69) is 22.1 Å². The van der Waals surface area contributed by atoms with E-state index in [-0.39, 0.29) is 5.91 Å². The molecule has 0 aliphatic carbocycles. The highest BCUT2D eigenvalue weighted by Gasteiger charge is 2.08. The number of carbonyl (C=O) groups is 1. The molecule has 1 heterocycles. The largest absolute Gasteiger partial charge is 0.321 e. The number of aromatic nitrogens is 1. The summed E-state index contributed by atoms with van der Waals surface area (Å²) in [6.45, 7) is 2.20. The molecule has 0 atom stereocenters. The van der Waals surface area contributed by atoms with Gasteiger partial charge in [-0.2, -0.15) is 0 Å². The van der Waals surface area contributed by atoms with Crippen LogP contribution in [0.15, 0.2) is 30.5 Å². The monoisotopic (exact) mass is 271 g/mol. The number of nitrogens with one attached hydrogen (secondary N) is 1. The molecule has 2 aromatic rings. The molecule has 1 aromatic heterocycles. The van der Waals surface area contributed by atoms with Crippen LogP contribution in [0.5, 0.6) is 0 Å². The SMILES string of the molecule is Cc1ncc(C(=O)Nc2ccc(C#CCN)cc2)s1. The van der Waals surface area contributed by atoms with Crippen LogP contribution in [-0.2, 0) is 0 Å². The standard InChI is InChI=1S/C14H13N3OS/c1-10-16-9-13(19-10)14(18)17-12-6-4-11(5-7-12)3-2-8-15/h4-7,9H,8,15H2,1H3,(H,17,18). The number of anilines is 1. The minimum absolute atomic E-state index is 0.147. The average molecular weight is 271 g/mol. The first kappa shape index (κ1) is 13.3. The first-order chi connectivity index (χ1) is 9.19. The predicted octanol–water partition coefficient (Wildman–Crippen LogP) is 2.01. The molecule has 19 heavy (non-hydrogen) atoms. The number of hydrogen-bond donors (Lipinski definition) is 2. The summed E-state index contributed by atoms with van der Waals surface area (Å²) >= 11 is 1.37. The summed E-state index contributed by atoms with van der Waals surface area (Å²) in [5, 5.41) is 3.69. The quantitative estimate of drug-likeness (QED) is 0.821. The van der Waals surface area contributed by atoms with Crippen molar-refractivity contribution in [3.63, 3.8) is 0 Å². The van der Waals surface area contributed by atoms with Gasteiger partial charge in [-0.05, 0) is 31.2 Å². The highest BCUT2D eigenvalue weighted by Crippen LogP contribution is 2.15. The molecular formula is C14H13N3OS. The van der Waals surface area contributed by atoms with Crippen molar-refractivity contribution in [1.29, 1.82) is 0 Å². The average Bonchev–Trinajstić information content (AvgIpc) is 2.85. The maximum atomic E-state index is 11.9. The lowest BCUT2D eigenvalue weighted by molar-refractivity contribution is 0.103. The summed E-state index contributed by atoms with van der Waals surface area (Å²) in [5.41, 5.74) is 6.91. The van der Waals surface area contributed by atoms with Gasteiger partial charge in [-0.25, -0.2) is 4.98 Å². The molecule has 0 saturated heterocycles. The van der Waals surface area contributed by atoms with Crippen molar-refractivity contribution >= 4 is 22.9 Å². The Morgan fingerprint density at radius 3 is 2.74 bits per heavy atom. The zero-order chi connectivity index (χ0) is 13.7. The topological polar surface area (TPSA) is 68.0 Å². The number of aryl methyl sites for hydroxylation is 1. The van der Waals surface area contributed by atoms with Gasteiger partial charge in [0.05, 0.1) is 17.7 Å². The summed E-state index contributed by atoms with van der Waals surface area (Å²) in [5.74, 6) is 5.55. The Morgan fingerprint density at radius 1 is 1.42 bits per heavy atom. The molecule has 0 radical (unpaired) electrons. The molecule has 4 nitrogen and oxygen atoms in total. The van der Waals surface area contributed by atoms with Crippen LogP contribution >= 0.6 is 11.3 Å². The summed E-state index contributed by atoms with van der Waals surface area (Å²) < 4.78 is 0. The summed E-state index contributed by atoms with van der Waals surface area (Å²) in [6.07, 6.45) is 1.58. The van der Waals surface area contributed by atoms with Crippen LogP contribution in [0.3, 0.4) is 0 Å². The van der Waals surface area contributed by atoms with Crippen LogP contribution < -0.4 is 11.1 Å². The smallest absolute Gasteiger partial charge is 0.267 e. The molecule has 5 heteroatoms. The second kappa shape index (κ2) is 6.14. The third-order valence-corrected chi connectivity index (χ3v) is 3.23. The molecule has 1 aromatic carbocycles. The lowest BCUT2D eigenvalue weighted by atomic mass is 10.2. The summed E-state index contributed by atoms with van der Waals surface area (Å²) in [7, 11) is 0. The van der Waals surface area contributed by atoms with E-state index in [4.69, 9.17) is 5.73 Å². The van der Waals surface area contributed by atoms with E-state index in [1.165, 1.54) is 11.3 Å².